The SMILES string of the molecule is CCNC(=NCC1(c2cccc(Cl)c2)CC1)NCCCCN1CCC(C(N)=O)CC1. The fraction of sp³-hybridized carbons (Fsp3) is 0.652. The third-order valence-electron chi connectivity index (χ3n) is 6.36. The number of nitrogens with two attached hydrogens (primary N) is 1. The number of primary amides is 1. The third-order valence-corrected chi connectivity index (χ3v) is 6.59. The molecule has 0 unspecified atom stereocenters. The van der Waals surface area contributed by atoms with E-state index in [0.29, 0.717) is 0 Å². The van der Waals surface area contributed by atoms with E-state index in [1.54, 1.807) is 0 Å². The predicted octanol–water partition coefficient (Wildman–Crippen LogP) is 2.90. The lowest BCUT2D eigenvalue weighted by Crippen LogP contribution is -2.40. The van der Waals surface area contributed by atoms with E-state index in [1.165, 1.54) is 18.4 Å². The van der Waals surface area contributed by atoms with Gasteiger partial charge in [0.25, 0.3) is 0 Å². The Balaban J connectivity index is 1.38. The van der Waals surface area contributed by atoms with Crippen LogP contribution in [-0.4, -0.2) is 56.0 Å². The molecule has 1 aromatic rings. The van der Waals surface area contributed by atoms with Crippen LogP contribution in [0.25, 0.3) is 0 Å². The van der Waals surface area contributed by atoms with Crippen molar-refractivity contribution in [3.8, 4) is 0 Å². The maximum absolute atomic E-state index is 11.3. The van der Waals surface area contributed by atoms with E-state index in [9.17, 15) is 4.79 Å². The number of carbonyl (C=O) groups excluding carboxylic acids is 1. The van der Waals surface area contributed by atoms with Gasteiger partial charge < -0.3 is 21.3 Å². The second-order valence-electron chi connectivity index (χ2n) is 8.64. The van der Waals surface area contributed by atoms with E-state index in [1.807, 2.05) is 12.1 Å². The highest BCUT2D eigenvalue weighted by Crippen LogP contribution is 2.48. The molecule has 166 valence electrons. The molecule has 30 heavy (non-hydrogen) atoms. The summed E-state index contributed by atoms with van der Waals surface area (Å²) >= 11 is 6.18. The molecule has 1 aliphatic carbocycles. The summed E-state index contributed by atoms with van der Waals surface area (Å²) < 4.78 is 0. The smallest absolute Gasteiger partial charge is 0.220 e. The molecular weight excluding hydrogens is 398 g/mol. The van der Waals surface area contributed by atoms with Gasteiger partial charge in [-0.1, -0.05) is 23.7 Å². The number of rotatable bonds is 10. The molecule has 0 atom stereocenters. The van der Waals surface area contributed by atoms with Crippen LogP contribution < -0.4 is 16.4 Å². The average Bonchev–Trinajstić information content (AvgIpc) is 3.53. The van der Waals surface area contributed by atoms with Crippen molar-refractivity contribution in [3.05, 3.63) is 34.9 Å². The van der Waals surface area contributed by atoms with E-state index in [2.05, 4.69) is 34.6 Å². The maximum Gasteiger partial charge on any atom is 0.220 e. The Morgan fingerprint density at radius 1 is 1.27 bits per heavy atom. The van der Waals surface area contributed by atoms with Gasteiger partial charge in [-0.3, -0.25) is 9.79 Å². The Morgan fingerprint density at radius 3 is 2.67 bits per heavy atom. The zero-order valence-electron chi connectivity index (χ0n) is 18.1. The first-order valence-corrected chi connectivity index (χ1v) is 11.7. The maximum atomic E-state index is 11.3. The highest BCUT2D eigenvalue weighted by atomic mass is 35.5. The highest BCUT2D eigenvalue weighted by Gasteiger charge is 2.44. The standard InChI is InChI=1S/C23H36ClN5O/c1-2-26-22(28-17-23(10-11-23)19-6-5-7-20(24)16-19)27-12-3-4-13-29-14-8-18(9-15-29)21(25)30/h5-7,16,18H,2-4,8-15,17H2,1H3,(H2,25,30)(H2,26,27,28). The number of aliphatic imine (C=N–C) groups is 1. The molecule has 7 heteroatoms. The molecule has 3 rings (SSSR count). The number of piperidine rings is 1. The minimum absolute atomic E-state index is 0.0727. The van der Waals surface area contributed by atoms with Crippen LogP contribution in [0.4, 0.5) is 0 Å². The summed E-state index contributed by atoms with van der Waals surface area (Å²) in [4.78, 5) is 18.6. The van der Waals surface area contributed by atoms with E-state index < -0.39 is 0 Å². The van der Waals surface area contributed by atoms with Crippen molar-refractivity contribution in [3.63, 3.8) is 0 Å². The average molecular weight is 434 g/mol. The molecule has 1 saturated carbocycles. The number of benzene rings is 1. The highest BCUT2D eigenvalue weighted by molar-refractivity contribution is 6.30. The monoisotopic (exact) mass is 433 g/mol. The van der Waals surface area contributed by atoms with Crippen LogP contribution in [0.3, 0.4) is 0 Å². The van der Waals surface area contributed by atoms with Crippen LogP contribution in [-0.2, 0) is 10.2 Å². The number of carbonyl (C=O) groups is 1. The van der Waals surface area contributed by atoms with E-state index >= 15 is 0 Å². The van der Waals surface area contributed by atoms with E-state index in [4.69, 9.17) is 22.3 Å². The fourth-order valence-electron chi connectivity index (χ4n) is 4.19. The normalized spacial score (nSPS) is 19.5. The topological polar surface area (TPSA) is 82.8 Å². The largest absolute Gasteiger partial charge is 0.369 e. The number of guanidine groups is 1. The van der Waals surface area contributed by atoms with E-state index in [-0.39, 0.29) is 17.2 Å². The van der Waals surface area contributed by atoms with Crippen molar-refractivity contribution >= 4 is 23.5 Å². The van der Waals surface area contributed by atoms with Crippen LogP contribution in [0.15, 0.2) is 29.3 Å². The minimum Gasteiger partial charge on any atom is -0.369 e. The molecule has 1 saturated heterocycles. The second kappa shape index (κ2) is 11.0. The van der Waals surface area contributed by atoms with Gasteiger partial charge >= 0.3 is 0 Å². The van der Waals surface area contributed by atoms with E-state index in [0.717, 1.165) is 75.9 Å². The van der Waals surface area contributed by atoms with Crippen molar-refractivity contribution < 1.29 is 4.79 Å². The van der Waals surface area contributed by atoms with Gasteiger partial charge in [0.05, 0.1) is 6.54 Å². The Bertz CT molecular complexity index is 726. The number of likely N-dealkylation sites (tertiary alicyclic amines) is 1. The summed E-state index contributed by atoms with van der Waals surface area (Å²) in [5.41, 5.74) is 6.87. The fourth-order valence-corrected chi connectivity index (χ4v) is 4.38. The molecule has 4 N–H and O–H groups in total. The summed E-state index contributed by atoms with van der Waals surface area (Å²) in [6.45, 7) is 7.69. The van der Waals surface area contributed by atoms with Gasteiger partial charge in [-0.2, -0.15) is 0 Å². The van der Waals surface area contributed by atoms with Crippen LogP contribution in [0, 0.1) is 5.92 Å². The molecule has 1 aliphatic heterocycles. The zero-order valence-corrected chi connectivity index (χ0v) is 18.9. The molecule has 0 radical (unpaired) electrons. The molecule has 1 amide bonds. The number of unbranched alkanes of at least 4 members (excludes halogenated alkanes) is 1. The van der Waals surface area contributed by atoms with Crippen molar-refractivity contribution in [1.82, 2.24) is 15.5 Å². The van der Waals surface area contributed by atoms with Crippen molar-refractivity contribution in [2.75, 3.05) is 39.3 Å². The molecule has 6 nitrogen and oxygen atoms in total. The van der Waals surface area contributed by atoms with Gasteiger partial charge in [0.2, 0.25) is 5.91 Å². The van der Waals surface area contributed by atoms with Gasteiger partial charge in [-0.05, 0) is 82.8 Å². The van der Waals surface area contributed by atoms with Crippen molar-refractivity contribution in [1.29, 1.82) is 0 Å². The number of halogens is 1. The molecule has 1 aromatic carbocycles. The molecule has 2 fully saturated rings. The van der Waals surface area contributed by atoms with Crippen LogP contribution in [0.1, 0.15) is 51.0 Å². The number of hydrogen-bond donors (Lipinski definition) is 3. The zero-order chi connectivity index (χ0) is 21.4. The van der Waals surface area contributed by atoms with Crippen LogP contribution in [0.5, 0.6) is 0 Å². The molecule has 0 spiro atoms. The van der Waals surface area contributed by atoms with Crippen LogP contribution in [0.2, 0.25) is 5.02 Å². The lowest BCUT2D eigenvalue weighted by Gasteiger charge is -2.30. The third kappa shape index (κ3) is 6.61. The van der Waals surface area contributed by atoms with Crippen molar-refractivity contribution in [2.24, 2.45) is 16.6 Å². The lowest BCUT2D eigenvalue weighted by atomic mass is 9.96. The first-order valence-electron chi connectivity index (χ1n) is 11.3. The quantitative estimate of drug-likeness (QED) is 0.301. The number of nitrogens with one attached hydrogen (secondary N) is 2. The number of nitrogens with zero attached hydrogens (tertiary/aromatic N) is 2. The summed E-state index contributed by atoms with van der Waals surface area (Å²) in [6.07, 6.45) is 6.38. The lowest BCUT2D eigenvalue weighted by molar-refractivity contribution is -0.123. The van der Waals surface area contributed by atoms with Gasteiger partial charge in [-0.25, -0.2) is 0 Å². The van der Waals surface area contributed by atoms with Gasteiger partial charge in [-0.15, -0.1) is 0 Å². The summed E-state index contributed by atoms with van der Waals surface area (Å²) in [5, 5.41) is 7.63. The minimum atomic E-state index is -0.141. The Morgan fingerprint density at radius 2 is 2.03 bits per heavy atom. The molecule has 0 bridgehead atoms. The van der Waals surface area contributed by atoms with Crippen LogP contribution >= 0.6 is 11.6 Å². The van der Waals surface area contributed by atoms with Gasteiger partial charge in [0, 0.05) is 29.4 Å². The summed E-state index contributed by atoms with van der Waals surface area (Å²) in [7, 11) is 0. The Kier molecular flexibility index (Phi) is 8.40. The Labute approximate surface area is 185 Å². The van der Waals surface area contributed by atoms with Crippen molar-refractivity contribution in [2.45, 2.75) is 50.9 Å². The molecule has 0 aromatic heterocycles. The molecule has 2 aliphatic rings. The van der Waals surface area contributed by atoms with Gasteiger partial charge in [0.1, 0.15) is 0 Å². The van der Waals surface area contributed by atoms with Gasteiger partial charge in [0.15, 0.2) is 5.96 Å². The summed E-state index contributed by atoms with van der Waals surface area (Å²) in [6, 6.07) is 8.20. The number of hydrogen-bond acceptors (Lipinski definition) is 3. The predicted molar refractivity (Wildman–Crippen MR) is 124 cm³/mol. The second-order valence-corrected chi connectivity index (χ2v) is 9.07. The summed E-state index contributed by atoms with van der Waals surface area (Å²) in [5.74, 6) is 0.828. The Hall–Kier alpha value is -1.79. The molecule has 1 heterocycles. The number of amides is 1. The molecular formula is C23H36ClN5O. The first-order chi connectivity index (χ1) is 14.5. The first kappa shape index (κ1) is 22.9.